The number of nitrogens with zero attached hydrogens (tertiary/aromatic N) is 4. The van der Waals surface area contributed by atoms with Gasteiger partial charge in [0.1, 0.15) is 6.61 Å². The van der Waals surface area contributed by atoms with Crippen LogP contribution in [0.3, 0.4) is 0 Å². The van der Waals surface area contributed by atoms with Crippen molar-refractivity contribution in [2.75, 3.05) is 66.1 Å². The van der Waals surface area contributed by atoms with E-state index in [9.17, 15) is 13.2 Å². The molecule has 3 saturated heterocycles. The molecular formula is C29H44Cl2N4O4S. The number of carbonyl (C=O) groups is 1. The third-order valence-corrected chi connectivity index (χ3v) is 10.8. The van der Waals surface area contributed by atoms with Crippen LogP contribution in [0.1, 0.15) is 37.7 Å². The Morgan fingerprint density at radius 3 is 2.33 bits per heavy atom. The second-order valence-electron chi connectivity index (χ2n) is 11.2. The van der Waals surface area contributed by atoms with E-state index in [-0.39, 0.29) is 50.0 Å². The fourth-order valence-corrected chi connectivity index (χ4v) is 8.44. The molecule has 224 valence electrons. The molecule has 0 saturated carbocycles. The van der Waals surface area contributed by atoms with Crippen LogP contribution < -0.4 is 0 Å². The van der Waals surface area contributed by atoms with E-state index >= 15 is 0 Å². The van der Waals surface area contributed by atoms with E-state index in [0.717, 1.165) is 74.9 Å². The molecule has 2 aromatic carbocycles. The van der Waals surface area contributed by atoms with Gasteiger partial charge in [-0.1, -0.05) is 42.8 Å². The van der Waals surface area contributed by atoms with Crippen LogP contribution >= 0.6 is 24.8 Å². The molecule has 40 heavy (non-hydrogen) atoms. The monoisotopic (exact) mass is 614 g/mol. The van der Waals surface area contributed by atoms with Gasteiger partial charge in [0, 0.05) is 50.2 Å². The maximum Gasteiger partial charge on any atom is 0.248 e. The number of ether oxygens (including phenoxy) is 1. The minimum atomic E-state index is -3.71. The normalized spacial score (nSPS) is 22.1. The first-order valence-corrected chi connectivity index (χ1v) is 15.6. The highest BCUT2D eigenvalue weighted by atomic mass is 35.5. The number of sulfonamides is 1. The molecule has 0 N–H and O–H groups in total. The Kier molecular flexibility index (Phi) is 12.1. The van der Waals surface area contributed by atoms with Gasteiger partial charge in [0.2, 0.25) is 15.9 Å². The van der Waals surface area contributed by atoms with E-state index in [2.05, 4.69) is 16.8 Å². The number of fused-ring (bicyclic) bond motifs is 1. The molecular weight excluding hydrogens is 571 g/mol. The maximum absolute atomic E-state index is 13.9. The topological polar surface area (TPSA) is 73.4 Å². The molecule has 0 radical (unpaired) electrons. The SMILES string of the molecule is Cc1ccc2ccccc2c1S(=O)(=O)N1CCCCC1COCC(=O)N1CCN(C2CCN(C)CC2)CC1.Cl.Cl. The van der Waals surface area contributed by atoms with Crippen LogP contribution in [0.2, 0.25) is 0 Å². The highest BCUT2D eigenvalue weighted by Crippen LogP contribution is 2.32. The summed E-state index contributed by atoms with van der Waals surface area (Å²) >= 11 is 0. The minimum absolute atomic E-state index is 0. The van der Waals surface area contributed by atoms with E-state index in [1.54, 1.807) is 4.31 Å². The highest BCUT2D eigenvalue weighted by molar-refractivity contribution is 7.89. The Bertz CT molecular complexity index is 1230. The zero-order chi connectivity index (χ0) is 26.7. The molecule has 1 atom stereocenters. The van der Waals surface area contributed by atoms with Crippen molar-refractivity contribution in [1.29, 1.82) is 0 Å². The van der Waals surface area contributed by atoms with Crippen LogP contribution in [0.25, 0.3) is 10.8 Å². The molecule has 8 nitrogen and oxygen atoms in total. The van der Waals surface area contributed by atoms with Gasteiger partial charge in [-0.3, -0.25) is 9.69 Å². The van der Waals surface area contributed by atoms with Crippen molar-refractivity contribution < 1.29 is 17.9 Å². The number of amides is 1. The molecule has 0 bridgehead atoms. The number of piperazine rings is 1. The molecule has 1 unspecified atom stereocenters. The van der Waals surface area contributed by atoms with Crippen LogP contribution in [0.15, 0.2) is 41.3 Å². The van der Waals surface area contributed by atoms with Gasteiger partial charge >= 0.3 is 0 Å². The Balaban J connectivity index is 0.00000220. The maximum atomic E-state index is 13.9. The summed E-state index contributed by atoms with van der Waals surface area (Å²) in [6.07, 6.45) is 4.94. The average molecular weight is 616 g/mol. The number of carbonyl (C=O) groups excluding carboxylic acids is 1. The van der Waals surface area contributed by atoms with Gasteiger partial charge in [-0.15, -0.1) is 24.8 Å². The first-order chi connectivity index (χ1) is 18.3. The van der Waals surface area contributed by atoms with Crippen LogP contribution in [-0.4, -0.2) is 111 Å². The van der Waals surface area contributed by atoms with Crippen LogP contribution in [-0.2, 0) is 19.6 Å². The first kappa shape index (κ1) is 33.0. The Morgan fingerprint density at radius 2 is 1.60 bits per heavy atom. The van der Waals surface area contributed by atoms with Gasteiger partial charge in [0.15, 0.2) is 0 Å². The molecule has 3 heterocycles. The van der Waals surface area contributed by atoms with E-state index in [1.807, 2.05) is 48.2 Å². The average Bonchev–Trinajstić information content (AvgIpc) is 2.93. The molecule has 3 aliphatic heterocycles. The largest absolute Gasteiger partial charge is 0.370 e. The van der Waals surface area contributed by atoms with Gasteiger partial charge in [-0.2, -0.15) is 4.31 Å². The van der Waals surface area contributed by atoms with Crippen molar-refractivity contribution in [3.8, 4) is 0 Å². The third-order valence-electron chi connectivity index (χ3n) is 8.62. The number of aryl methyl sites for hydroxylation is 1. The zero-order valence-electron chi connectivity index (χ0n) is 23.7. The van der Waals surface area contributed by atoms with E-state index in [0.29, 0.717) is 17.5 Å². The van der Waals surface area contributed by atoms with Gasteiger partial charge in [0.05, 0.1) is 11.5 Å². The summed E-state index contributed by atoms with van der Waals surface area (Å²) in [5.74, 6) is 0.00291. The summed E-state index contributed by atoms with van der Waals surface area (Å²) in [4.78, 5) is 20.1. The lowest BCUT2D eigenvalue weighted by Gasteiger charge is -2.42. The fraction of sp³-hybridized carbons (Fsp3) is 0.621. The molecule has 0 aromatic heterocycles. The van der Waals surface area contributed by atoms with Crippen molar-refractivity contribution in [2.45, 2.75) is 56.0 Å². The standard InChI is InChI=1S/C29H42N4O4S.2ClH/c1-23-10-11-24-7-3-4-9-27(24)29(23)38(35,36)33-14-6-5-8-26(33)21-37-22-28(34)32-19-17-31(18-20-32)25-12-15-30(2)16-13-25;;/h3-4,7,9-11,25-26H,5-6,8,12-22H2,1-2H3;2*1H. The van der Waals surface area contributed by atoms with E-state index in [1.165, 1.54) is 12.8 Å². The third kappa shape index (κ3) is 7.30. The molecule has 3 aliphatic rings. The summed E-state index contributed by atoms with van der Waals surface area (Å²) in [6, 6.07) is 11.9. The molecule has 1 amide bonds. The Morgan fingerprint density at radius 1 is 0.900 bits per heavy atom. The summed E-state index contributed by atoms with van der Waals surface area (Å²) in [5.41, 5.74) is 0.753. The predicted octanol–water partition coefficient (Wildman–Crippen LogP) is 3.79. The summed E-state index contributed by atoms with van der Waals surface area (Å²) in [5, 5.41) is 1.68. The molecule has 5 rings (SSSR count). The molecule has 2 aromatic rings. The summed E-state index contributed by atoms with van der Waals surface area (Å²) in [7, 11) is -1.53. The van der Waals surface area contributed by atoms with Gasteiger partial charge < -0.3 is 14.5 Å². The number of hydrogen-bond donors (Lipinski definition) is 0. The Hall–Kier alpha value is -1.46. The molecule has 0 spiro atoms. The second-order valence-corrected chi connectivity index (χ2v) is 13.0. The number of benzene rings is 2. The minimum Gasteiger partial charge on any atom is -0.370 e. The number of rotatable bonds is 7. The van der Waals surface area contributed by atoms with Gasteiger partial charge in [-0.25, -0.2) is 8.42 Å². The van der Waals surface area contributed by atoms with Crippen molar-refractivity contribution in [1.82, 2.24) is 19.0 Å². The molecule has 0 aliphatic carbocycles. The van der Waals surface area contributed by atoms with Crippen LogP contribution in [0.5, 0.6) is 0 Å². The second kappa shape index (κ2) is 14.6. The van der Waals surface area contributed by atoms with E-state index in [4.69, 9.17) is 4.74 Å². The van der Waals surface area contributed by atoms with Crippen molar-refractivity contribution in [3.63, 3.8) is 0 Å². The lowest BCUT2D eigenvalue weighted by molar-refractivity contribution is -0.138. The highest BCUT2D eigenvalue weighted by Gasteiger charge is 2.36. The lowest BCUT2D eigenvalue weighted by Crippen LogP contribution is -2.54. The van der Waals surface area contributed by atoms with Gasteiger partial charge in [0.25, 0.3) is 0 Å². The van der Waals surface area contributed by atoms with E-state index < -0.39 is 10.0 Å². The van der Waals surface area contributed by atoms with Crippen molar-refractivity contribution in [2.24, 2.45) is 0 Å². The predicted molar refractivity (Wildman–Crippen MR) is 164 cm³/mol. The first-order valence-electron chi connectivity index (χ1n) is 14.1. The summed E-state index contributed by atoms with van der Waals surface area (Å²) < 4.78 is 35.4. The summed E-state index contributed by atoms with van der Waals surface area (Å²) in [6.45, 7) is 8.18. The fourth-order valence-electron chi connectivity index (χ4n) is 6.34. The molecule has 3 fully saturated rings. The number of piperidine rings is 2. The number of hydrogen-bond acceptors (Lipinski definition) is 6. The Labute approximate surface area is 251 Å². The zero-order valence-corrected chi connectivity index (χ0v) is 26.1. The molecule has 11 heteroatoms. The van der Waals surface area contributed by atoms with Gasteiger partial charge in [-0.05, 0) is 63.7 Å². The number of halogens is 2. The van der Waals surface area contributed by atoms with Crippen LogP contribution in [0, 0.1) is 6.92 Å². The lowest BCUT2D eigenvalue weighted by atomic mass is 10.0. The quantitative estimate of drug-likeness (QED) is 0.472. The van der Waals surface area contributed by atoms with Crippen molar-refractivity contribution >= 4 is 51.5 Å². The van der Waals surface area contributed by atoms with Crippen LogP contribution in [0.4, 0.5) is 0 Å². The smallest absolute Gasteiger partial charge is 0.248 e. The van der Waals surface area contributed by atoms with Crippen molar-refractivity contribution in [3.05, 3.63) is 42.0 Å². The number of likely N-dealkylation sites (tertiary alicyclic amines) is 1.